The number of nitrogens with one attached hydrogen (secondary N) is 1. The molecule has 0 radical (unpaired) electrons. The van der Waals surface area contributed by atoms with E-state index in [9.17, 15) is 0 Å². The Morgan fingerprint density at radius 1 is 1.24 bits per heavy atom. The first-order valence-electron chi connectivity index (χ1n) is 5.71. The molecule has 1 aromatic carbocycles. The van der Waals surface area contributed by atoms with Gasteiger partial charge in [0, 0.05) is 23.7 Å². The van der Waals surface area contributed by atoms with E-state index in [1.54, 1.807) is 11.3 Å². The number of hydrogen-bond acceptors (Lipinski definition) is 3. The van der Waals surface area contributed by atoms with Gasteiger partial charge in [-0.15, -0.1) is 22.9 Å². The van der Waals surface area contributed by atoms with Crippen molar-refractivity contribution in [3.8, 4) is 0 Å². The fraction of sp³-hybridized carbons (Fsp3) is 0.385. The number of thiophene rings is 1. The predicted molar refractivity (Wildman–Crippen MR) is 75.1 cm³/mol. The first kappa shape index (κ1) is 12.8. The number of benzene rings is 1. The average Bonchev–Trinajstić information content (AvgIpc) is 2.77. The first-order valence-corrected chi connectivity index (χ1v) is 7.13. The second-order valence-electron chi connectivity index (χ2n) is 3.74. The summed E-state index contributed by atoms with van der Waals surface area (Å²) in [5.74, 6) is 0.565. The van der Waals surface area contributed by atoms with Crippen molar-refractivity contribution in [1.29, 1.82) is 0 Å². The van der Waals surface area contributed by atoms with Crippen LogP contribution in [0.4, 0.5) is 0 Å². The van der Waals surface area contributed by atoms with Crippen molar-refractivity contribution in [2.75, 3.05) is 25.6 Å². The van der Waals surface area contributed by atoms with Gasteiger partial charge in [0.2, 0.25) is 0 Å². The molecule has 1 aromatic heterocycles. The van der Waals surface area contributed by atoms with Crippen LogP contribution in [0, 0.1) is 0 Å². The Labute approximate surface area is 111 Å². The maximum Gasteiger partial charge on any atom is 0.0602 e. The van der Waals surface area contributed by atoms with E-state index in [0.29, 0.717) is 12.5 Å². The molecule has 2 aromatic rings. The summed E-state index contributed by atoms with van der Waals surface area (Å²) in [7, 11) is 0. The van der Waals surface area contributed by atoms with E-state index in [4.69, 9.17) is 16.3 Å². The molecular formula is C13H16ClNOS. The zero-order valence-electron chi connectivity index (χ0n) is 9.62. The zero-order valence-corrected chi connectivity index (χ0v) is 11.2. The Hall–Kier alpha value is -0.610. The average molecular weight is 270 g/mol. The van der Waals surface area contributed by atoms with Gasteiger partial charge in [0.15, 0.2) is 0 Å². The second-order valence-corrected chi connectivity index (χ2v) is 5.02. The molecule has 0 fully saturated rings. The third-order valence-electron chi connectivity index (χ3n) is 2.52. The van der Waals surface area contributed by atoms with Crippen molar-refractivity contribution >= 4 is 33.0 Å². The third-order valence-corrected chi connectivity index (χ3v) is 3.69. The minimum Gasteiger partial charge on any atom is -0.379 e. The van der Waals surface area contributed by atoms with Crippen molar-refractivity contribution < 1.29 is 4.74 Å². The highest BCUT2D eigenvalue weighted by Crippen LogP contribution is 2.25. The molecule has 0 bridgehead atoms. The molecule has 0 atom stereocenters. The molecule has 0 unspecified atom stereocenters. The lowest BCUT2D eigenvalue weighted by molar-refractivity contribution is 0.151. The summed E-state index contributed by atoms with van der Waals surface area (Å²) in [4.78, 5) is 0. The summed E-state index contributed by atoms with van der Waals surface area (Å²) in [5, 5.41) is 6.95. The lowest BCUT2D eigenvalue weighted by Gasteiger charge is -2.04. The maximum absolute atomic E-state index is 5.52. The van der Waals surface area contributed by atoms with Crippen molar-refractivity contribution in [2.24, 2.45) is 0 Å². The fourth-order valence-electron chi connectivity index (χ4n) is 1.69. The summed E-state index contributed by atoms with van der Waals surface area (Å²) in [5.41, 5.74) is 1.36. The van der Waals surface area contributed by atoms with Crippen LogP contribution < -0.4 is 5.32 Å². The number of rotatable bonds is 7. The van der Waals surface area contributed by atoms with Gasteiger partial charge in [-0.25, -0.2) is 0 Å². The molecule has 0 saturated carbocycles. The molecule has 1 N–H and O–H groups in total. The lowest BCUT2D eigenvalue weighted by atomic mass is 10.2. The van der Waals surface area contributed by atoms with E-state index in [0.717, 1.165) is 19.7 Å². The standard InChI is InChI=1S/C13H16ClNOS/c14-5-7-16-8-6-15-9-11-10-17-13-4-2-1-3-12(11)13/h1-4,10,15H,5-9H2. The minimum atomic E-state index is 0.565. The van der Waals surface area contributed by atoms with Gasteiger partial charge in [-0.05, 0) is 22.4 Å². The smallest absolute Gasteiger partial charge is 0.0602 e. The van der Waals surface area contributed by atoms with Crippen LogP contribution in [0.3, 0.4) is 0 Å². The van der Waals surface area contributed by atoms with Gasteiger partial charge >= 0.3 is 0 Å². The predicted octanol–water partition coefficient (Wildman–Crippen LogP) is 3.25. The summed E-state index contributed by atoms with van der Waals surface area (Å²) in [6.45, 7) is 3.11. The topological polar surface area (TPSA) is 21.3 Å². The Morgan fingerprint density at radius 3 is 3.00 bits per heavy atom. The molecule has 0 aliphatic heterocycles. The lowest BCUT2D eigenvalue weighted by Crippen LogP contribution is -2.19. The van der Waals surface area contributed by atoms with Crippen molar-refractivity contribution in [2.45, 2.75) is 6.54 Å². The number of halogens is 1. The van der Waals surface area contributed by atoms with Crippen LogP contribution in [0.15, 0.2) is 29.6 Å². The minimum absolute atomic E-state index is 0.565. The summed E-state index contributed by atoms with van der Waals surface area (Å²) in [6.07, 6.45) is 0. The van der Waals surface area contributed by atoms with E-state index in [1.165, 1.54) is 15.6 Å². The summed E-state index contributed by atoms with van der Waals surface area (Å²) in [6, 6.07) is 8.50. The quantitative estimate of drug-likeness (QED) is 0.615. The van der Waals surface area contributed by atoms with Crippen molar-refractivity contribution in [1.82, 2.24) is 5.32 Å². The molecule has 2 nitrogen and oxygen atoms in total. The Bertz CT molecular complexity index is 457. The van der Waals surface area contributed by atoms with Gasteiger partial charge in [0.1, 0.15) is 0 Å². The zero-order chi connectivity index (χ0) is 11.9. The molecule has 0 aliphatic carbocycles. The normalized spacial score (nSPS) is 11.1. The SMILES string of the molecule is ClCCOCCNCc1csc2ccccc12. The molecule has 92 valence electrons. The van der Waals surface area contributed by atoms with Crippen LogP contribution in [0.5, 0.6) is 0 Å². The molecule has 0 spiro atoms. The number of alkyl halides is 1. The van der Waals surface area contributed by atoms with Crippen LogP contribution in [0.2, 0.25) is 0 Å². The Balaban J connectivity index is 1.79. The van der Waals surface area contributed by atoms with Gasteiger partial charge in [-0.1, -0.05) is 18.2 Å². The van der Waals surface area contributed by atoms with Crippen molar-refractivity contribution in [3.05, 3.63) is 35.2 Å². The molecule has 1 heterocycles. The Morgan fingerprint density at radius 2 is 2.12 bits per heavy atom. The molecule has 17 heavy (non-hydrogen) atoms. The Kier molecular flexibility index (Phi) is 5.26. The fourth-order valence-corrected chi connectivity index (χ4v) is 2.77. The van der Waals surface area contributed by atoms with Crippen molar-refractivity contribution in [3.63, 3.8) is 0 Å². The van der Waals surface area contributed by atoms with Crippen LogP contribution >= 0.6 is 22.9 Å². The van der Waals surface area contributed by atoms with Crippen LogP contribution in [0.25, 0.3) is 10.1 Å². The van der Waals surface area contributed by atoms with E-state index in [1.807, 2.05) is 0 Å². The van der Waals surface area contributed by atoms with E-state index >= 15 is 0 Å². The van der Waals surface area contributed by atoms with Gasteiger partial charge in [-0.3, -0.25) is 0 Å². The molecule has 0 saturated heterocycles. The molecular weight excluding hydrogens is 254 g/mol. The monoisotopic (exact) mass is 269 g/mol. The largest absolute Gasteiger partial charge is 0.379 e. The second kappa shape index (κ2) is 6.97. The third kappa shape index (κ3) is 3.68. The van der Waals surface area contributed by atoms with E-state index in [-0.39, 0.29) is 0 Å². The number of fused-ring (bicyclic) bond motifs is 1. The molecule has 2 rings (SSSR count). The highest BCUT2D eigenvalue weighted by Gasteiger charge is 2.01. The highest BCUT2D eigenvalue weighted by atomic mass is 35.5. The highest BCUT2D eigenvalue weighted by molar-refractivity contribution is 7.17. The first-order chi connectivity index (χ1) is 8.42. The van der Waals surface area contributed by atoms with Crippen LogP contribution in [0.1, 0.15) is 5.56 Å². The van der Waals surface area contributed by atoms with Gasteiger partial charge in [0.05, 0.1) is 13.2 Å². The van der Waals surface area contributed by atoms with E-state index < -0.39 is 0 Å². The van der Waals surface area contributed by atoms with Gasteiger partial charge in [0.25, 0.3) is 0 Å². The number of hydrogen-bond donors (Lipinski definition) is 1. The molecule has 0 amide bonds. The van der Waals surface area contributed by atoms with Crippen LogP contribution in [-0.4, -0.2) is 25.6 Å². The van der Waals surface area contributed by atoms with E-state index in [2.05, 4.69) is 35.0 Å². The molecule has 4 heteroatoms. The summed E-state index contributed by atoms with van der Waals surface area (Å²) >= 11 is 7.31. The van der Waals surface area contributed by atoms with Gasteiger partial charge in [-0.2, -0.15) is 0 Å². The maximum atomic E-state index is 5.52. The van der Waals surface area contributed by atoms with Crippen LogP contribution in [-0.2, 0) is 11.3 Å². The summed E-state index contributed by atoms with van der Waals surface area (Å²) < 4.78 is 6.65. The molecule has 0 aliphatic rings. The van der Waals surface area contributed by atoms with Gasteiger partial charge < -0.3 is 10.1 Å². The number of ether oxygens (including phenoxy) is 1.